The van der Waals surface area contributed by atoms with E-state index in [1.54, 1.807) is 0 Å². The Hall–Kier alpha value is -1.33. The van der Waals surface area contributed by atoms with Crippen LogP contribution in [0.5, 0.6) is 0 Å². The number of rotatable bonds is 3. The number of hydrogen-bond acceptors (Lipinski definition) is 2. The third-order valence-corrected chi connectivity index (χ3v) is 3.22. The number of benzene rings is 1. The molecule has 0 saturated heterocycles. The summed E-state index contributed by atoms with van der Waals surface area (Å²) in [6.45, 7) is 0.974. The summed E-state index contributed by atoms with van der Waals surface area (Å²) >= 11 is 0. The van der Waals surface area contributed by atoms with Crippen LogP contribution in [0.1, 0.15) is 17.5 Å². The Labute approximate surface area is 91.1 Å². The minimum Gasteiger partial charge on any atom is -0.309 e. The molecule has 0 unspecified atom stereocenters. The Balaban J connectivity index is 2.19. The van der Waals surface area contributed by atoms with Crippen molar-refractivity contribution in [3.63, 3.8) is 0 Å². The van der Waals surface area contributed by atoms with Crippen molar-refractivity contribution < 1.29 is 0 Å². The second kappa shape index (κ2) is 3.67. The van der Waals surface area contributed by atoms with E-state index < -0.39 is 0 Å². The van der Waals surface area contributed by atoms with Crippen molar-refractivity contribution in [1.82, 2.24) is 4.90 Å². The summed E-state index contributed by atoms with van der Waals surface area (Å²) in [5.41, 5.74) is 2.38. The van der Waals surface area contributed by atoms with E-state index in [1.807, 2.05) is 12.1 Å². The first-order valence-electron chi connectivity index (χ1n) is 5.32. The standard InChI is InChI=1S/C13H16N2/c1-15(2)8-7-13(10-14)9-11-5-3-4-6-12(11)13/h3-6H,7-9H2,1-2H3/t13-/m1/s1. The van der Waals surface area contributed by atoms with Gasteiger partial charge in [0.25, 0.3) is 0 Å². The third-order valence-electron chi connectivity index (χ3n) is 3.22. The molecule has 0 radical (unpaired) electrons. The lowest BCUT2D eigenvalue weighted by Gasteiger charge is -2.39. The minimum atomic E-state index is -0.207. The smallest absolute Gasteiger partial charge is 0.0877 e. The number of nitriles is 1. The van der Waals surface area contributed by atoms with E-state index in [1.165, 1.54) is 11.1 Å². The van der Waals surface area contributed by atoms with Crippen LogP contribution in [-0.4, -0.2) is 25.5 Å². The molecule has 0 spiro atoms. The molecule has 1 atom stereocenters. The summed E-state index contributed by atoms with van der Waals surface area (Å²) in [5, 5.41) is 9.33. The molecule has 1 aromatic carbocycles. The normalized spacial score (nSPS) is 23.1. The fourth-order valence-electron chi connectivity index (χ4n) is 2.25. The Morgan fingerprint density at radius 1 is 1.40 bits per heavy atom. The van der Waals surface area contributed by atoms with Gasteiger partial charge in [0, 0.05) is 0 Å². The Kier molecular flexibility index (Phi) is 2.50. The molecule has 0 saturated carbocycles. The van der Waals surface area contributed by atoms with Crippen LogP contribution in [0.4, 0.5) is 0 Å². The minimum absolute atomic E-state index is 0.207. The fraction of sp³-hybridized carbons (Fsp3) is 0.462. The van der Waals surface area contributed by atoms with E-state index in [4.69, 9.17) is 0 Å². The van der Waals surface area contributed by atoms with Gasteiger partial charge >= 0.3 is 0 Å². The maximum Gasteiger partial charge on any atom is 0.0877 e. The summed E-state index contributed by atoms with van der Waals surface area (Å²) in [6.07, 6.45) is 1.86. The Morgan fingerprint density at radius 2 is 2.13 bits per heavy atom. The van der Waals surface area contributed by atoms with Crippen LogP contribution in [0.25, 0.3) is 0 Å². The highest BCUT2D eigenvalue weighted by Gasteiger charge is 2.42. The van der Waals surface area contributed by atoms with Gasteiger partial charge in [-0.1, -0.05) is 24.3 Å². The summed E-state index contributed by atoms with van der Waals surface area (Å²) in [5.74, 6) is 0. The molecule has 0 heterocycles. The molecule has 0 aromatic heterocycles. The van der Waals surface area contributed by atoms with Crippen molar-refractivity contribution >= 4 is 0 Å². The van der Waals surface area contributed by atoms with E-state index in [2.05, 4.69) is 37.2 Å². The molecule has 0 N–H and O–H groups in total. The predicted octanol–water partition coefficient (Wildman–Crippen LogP) is 1.96. The average Bonchev–Trinajstić information content (AvgIpc) is 2.20. The predicted molar refractivity (Wildman–Crippen MR) is 60.6 cm³/mol. The molecule has 15 heavy (non-hydrogen) atoms. The fourth-order valence-corrected chi connectivity index (χ4v) is 2.25. The van der Waals surface area contributed by atoms with E-state index in [0.29, 0.717) is 0 Å². The lowest BCUT2D eigenvalue weighted by Crippen LogP contribution is -2.39. The largest absolute Gasteiger partial charge is 0.309 e. The SMILES string of the molecule is CN(C)CC[C@]1(C#N)Cc2ccccc21. The number of hydrogen-bond donors (Lipinski definition) is 0. The number of fused-ring (bicyclic) bond motifs is 1. The molecule has 1 aliphatic rings. The zero-order valence-corrected chi connectivity index (χ0v) is 9.33. The first-order chi connectivity index (χ1) is 7.18. The van der Waals surface area contributed by atoms with Crippen molar-refractivity contribution in [3.8, 4) is 6.07 Å². The van der Waals surface area contributed by atoms with E-state index in [9.17, 15) is 5.26 Å². The van der Waals surface area contributed by atoms with Gasteiger partial charge in [-0.3, -0.25) is 0 Å². The zero-order valence-electron chi connectivity index (χ0n) is 9.33. The molecule has 0 aliphatic heterocycles. The van der Waals surface area contributed by atoms with Crippen LogP contribution in [0.15, 0.2) is 24.3 Å². The lowest BCUT2D eigenvalue weighted by atomic mass is 9.63. The van der Waals surface area contributed by atoms with Crippen LogP contribution in [0.3, 0.4) is 0 Å². The van der Waals surface area contributed by atoms with Crippen LogP contribution >= 0.6 is 0 Å². The molecular weight excluding hydrogens is 184 g/mol. The summed E-state index contributed by atoms with van der Waals surface area (Å²) in [6, 6.07) is 10.8. The second-order valence-electron chi connectivity index (χ2n) is 4.58. The van der Waals surface area contributed by atoms with Gasteiger partial charge in [-0.25, -0.2) is 0 Å². The van der Waals surface area contributed by atoms with Gasteiger partial charge in [0.2, 0.25) is 0 Å². The molecule has 78 valence electrons. The van der Waals surface area contributed by atoms with E-state index >= 15 is 0 Å². The van der Waals surface area contributed by atoms with Crippen LogP contribution in [-0.2, 0) is 11.8 Å². The van der Waals surface area contributed by atoms with Crippen molar-refractivity contribution in [3.05, 3.63) is 35.4 Å². The Bertz CT molecular complexity index is 403. The van der Waals surface area contributed by atoms with Gasteiger partial charge in [0.1, 0.15) is 0 Å². The summed E-state index contributed by atoms with van der Waals surface area (Å²) in [7, 11) is 4.10. The van der Waals surface area contributed by atoms with Crippen LogP contribution in [0.2, 0.25) is 0 Å². The van der Waals surface area contributed by atoms with Gasteiger partial charge in [-0.2, -0.15) is 5.26 Å². The molecule has 0 fully saturated rings. The molecule has 0 bridgehead atoms. The van der Waals surface area contributed by atoms with Crippen LogP contribution < -0.4 is 0 Å². The summed E-state index contributed by atoms with van der Waals surface area (Å²) < 4.78 is 0. The van der Waals surface area contributed by atoms with Gasteiger partial charge < -0.3 is 4.90 Å². The van der Waals surface area contributed by atoms with Gasteiger partial charge in [-0.15, -0.1) is 0 Å². The van der Waals surface area contributed by atoms with E-state index in [-0.39, 0.29) is 5.41 Å². The highest BCUT2D eigenvalue weighted by Crippen LogP contribution is 2.43. The van der Waals surface area contributed by atoms with Crippen LogP contribution in [0, 0.1) is 11.3 Å². The van der Waals surface area contributed by atoms with Gasteiger partial charge in [0.05, 0.1) is 11.5 Å². The highest BCUT2D eigenvalue weighted by atomic mass is 15.0. The maximum atomic E-state index is 9.33. The van der Waals surface area contributed by atoms with Crippen molar-refractivity contribution in [2.75, 3.05) is 20.6 Å². The quantitative estimate of drug-likeness (QED) is 0.745. The van der Waals surface area contributed by atoms with Gasteiger partial charge in [0.15, 0.2) is 0 Å². The third kappa shape index (κ3) is 1.64. The lowest BCUT2D eigenvalue weighted by molar-refractivity contribution is 0.333. The van der Waals surface area contributed by atoms with Crippen molar-refractivity contribution in [2.24, 2.45) is 0 Å². The first-order valence-corrected chi connectivity index (χ1v) is 5.32. The topological polar surface area (TPSA) is 27.0 Å². The molecule has 1 aliphatic carbocycles. The van der Waals surface area contributed by atoms with Crippen molar-refractivity contribution in [1.29, 1.82) is 5.26 Å². The molecule has 0 amide bonds. The molecule has 2 nitrogen and oxygen atoms in total. The maximum absolute atomic E-state index is 9.33. The van der Waals surface area contributed by atoms with E-state index in [0.717, 1.165) is 19.4 Å². The first kappa shape index (κ1) is 10.2. The highest BCUT2D eigenvalue weighted by molar-refractivity contribution is 5.49. The van der Waals surface area contributed by atoms with Gasteiger partial charge in [-0.05, 0) is 44.6 Å². The molecule has 2 rings (SSSR count). The number of nitrogens with zero attached hydrogens (tertiary/aromatic N) is 2. The molecular formula is C13H16N2. The monoisotopic (exact) mass is 200 g/mol. The zero-order chi connectivity index (χ0) is 10.9. The average molecular weight is 200 g/mol. The molecule has 1 aromatic rings. The second-order valence-corrected chi connectivity index (χ2v) is 4.58. The summed E-state index contributed by atoms with van der Waals surface area (Å²) in [4.78, 5) is 2.14. The molecule has 2 heteroatoms. The van der Waals surface area contributed by atoms with Crippen molar-refractivity contribution in [2.45, 2.75) is 18.3 Å². The Morgan fingerprint density at radius 3 is 2.73 bits per heavy atom.